The molecule has 0 amide bonds. The molecular weight excluding hydrogens is 304 g/mol. The minimum absolute atomic E-state index is 0.0296. The lowest BCUT2D eigenvalue weighted by atomic mass is 9.92. The molecule has 22 heavy (non-hydrogen) atoms. The molecule has 1 aromatic heterocycles. The van der Waals surface area contributed by atoms with Crippen molar-refractivity contribution in [2.45, 2.75) is 50.0 Å². The Bertz CT molecular complexity index is 786. The maximum Gasteiger partial charge on any atom is 0.244 e. The van der Waals surface area contributed by atoms with Crippen LogP contribution in [0.1, 0.15) is 39.5 Å². The summed E-state index contributed by atoms with van der Waals surface area (Å²) in [7, 11) is -3.91. The highest BCUT2D eigenvalue weighted by molar-refractivity contribution is 7.89. The van der Waals surface area contributed by atoms with Crippen molar-refractivity contribution in [1.82, 2.24) is 15.0 Å². The molecule has 0 atom stereocenters. The predicted molar refractivity (Wildman–Crippen MR) is 80.3 cm³/mol. The first-order chi connectivity index (χ1) is 10.5. The molecule has 0 fully saturated rings. The van der Waals surface area contributed by atoms with E-state index in [9.17, 15) is 13.7 Å². The number of hydrogen-bond acceptors (Lipinski definition) is 6. The van der Waals surface area contributed by atoms with Crippen LogP contribution in [0.4, 0.5) is 0 Å². The van der Waals surface area contributed by atoms with Gasteiger partial charge in [0.15, 0.2) is 5.52 Å². The molecular formula is C14H18N4O3S. The highest BCUT2D eigenvalue weighted by Crippen LogP contribution is 2.25. The highest BCUT2D eigenvalue weighted by Gasteiger charge is 2.35. The van der Waals surface area contributed by atoms with Crippen molar-refractivity contribution >= 4 is 21.1 Å². The molecule has 0 aliphatic rings. The zero-order valence-electron chi connectivity index (χ0n) is 12.5. The van der Waals surface area contributed by atoms with Crippen LogP contribution in [-0.2, 0) is 10.0 Å². The molecule has 0 bridgehead atoms. The van der Waals surface area contributed by atoms with Crippen LogP contribution < -0.4 is 4.72 Å². The number of benzene rings is 1. The molecule has 118 valence electrons. The number of sulfonamides is 1. The fraction of sp³-hybridized carbons (Fsp3) is 0.500. The standard InChI is InChI=1S/C14H18N4O3S/c1-3-8-14(10-15,9-4-2)18-22(19,20)12-7-5-6-11-13(12)17-21-16-11/h5-7,18H,3-4,8-9H2,1-2H3. The van der Waals surface area contributed by atoms with Crippen molar-refractivity contribution in [2.75, 3.05) is 0 Å². The zero-order valence-corrected chi connectivity index (χ0v) is 13.4. The molecule has 1 heterocycles. The summed E-state index contributed by atoms with van der Waals surface area (Å²) in [5.41, 5.74) is -0.590. The molecule has 0 radical (unpaired) electrons. The third kappa shape index (κ3) is 3.10. The smallest absolute Gasteiger partial charge is 0.243 e. The summed E-state index contributed by atoms with van der Waals surface area (Å²) in [4.78, 5) is -0.0296. The molecule has 2 aromatic rings. The van der Waals surface area contributed by atoms with E-state index in [-0.39, 0.29) is 10.4 Å². The Kier molecular flexibility index (Phi) is 4.78. The van der Waals surface area contributed by atoms with Gasteiger partial charge in [0.25, 0.3) is 0 Å². The second kappa shape index (κ2) is 6.42. The molecule has 7 nitrogen and oxygen atoms in total. The Morgan fingerprint density at radius 2 is 1.95 bits per heavy atom. The highest BCUT2D eigenvalue weighted by atomic mass is 32.2. The van der Waals surface area contributed by atoms with E-state index in [2.05, 4.69) is 25.7 Å². The van der Waals surface area contributed by atoms with Gasteiger partial charge in [-0.2, -0.15) is 9.98 Å². The number of aromatic nitrogens is 2. The minimum atomic E-state index is -3.91. The maximum atomic E-state index is 12.7. The lowest BCUT2D eigenvalue weighted by molar-refractivity contribution is 0.315. The van der Waals surface area contributed by atoms with Crippen molar-refractivity contribution in [3.05, 3.63) is 18.2 Å². The lowest BCUT2D eigenvalue weighted by Crippen LogP contribution is -2.47. The molecule has 0 aliphatic heterocycles. The van der Waals surface area contributed by atoms with Crippen molar-refractivity contribution < 1.29 is 13.0 Å². The second-order valence-electron chi connectivity index (χ2n) is 5.19. The van der Waals surface area contributed by atoms with Crippen LogP contribution in [0.5, 0.6) is 0 Å². The minimum Gasteiger partial charge on any atom is -0.243 e. The van der Waals surface area contributed by atoms with E-state index in [0.29, 0.717) is 31.2 Å². The summed E-state index contributed by atoms with van der Waals surface area (Å²) >= 11 is 0. The van der Waals surface area contributed by atoms with Gasteiger partial charge in [-0.1, -0.05) is 32.8 Å². The number of hydrogen-bond donors (Lipinski definition) is 1. The van der Waals surface area contributed by atoms with Gasteiger partial charge in [-0.25, -0.2) is 13.0 Å². The van der Waals surface area contributed by atoms with E-state index >= 15 is 0 Å². The van der Waals surface area contributed by atoms with E-state index in [4.69, 9.17) is 0 Å². The lowest BCUT2D eigenvalue weighted by Gasteiger charge is -2.26. The largest absolute Gasteiger partial charge is 0.244 e. The normalized spacial score (nSPS) is 12.4. The van der Waals surface area contributed by atoms with Crippen LogP contribution in [0.3, 0.4) is 0 Å². The third-order valence-electron chi connectivity index (χ3n) is 3.44. The van der Waals surface area contributed by atoms with Crippen LogP contribution in [0.25, 0.3) is 11.0 Å². The summed E-state index contributed by atoms with van der Waals surface area (Å²) in [6.45, 7) is 3.83. The van der Waals surface area contributed by atoms with Gasteiger partial charge in [0.1, 0.15) is 16.0 Å². The SMILES string of the molecule is CCCC(C#N)(CCC)NS(=O)(=O)c1cccc2nonc12. The molecule has 0 aliphatic carbocycles. The average Bonchev–Trinajstić information content (AvgIpc) is 2.95. The van der Waals surface area contributed by atoms with Crippen LogP contribution in [0, 0.1) is 11.3 Å². The summed E-state index contributed by atoms with van der Waals surface area (Å²) in [5.74, 6) is 0. The third-order valence-corrected chi connectivity index (χ3v) is 5.00. The molecule has 1 N–H and O–H groups in total. The van der Waals surface area contributed by atoms with Gasteiger partial charge in [0.05, 0.1) is 6.07 Å². The Balaban J connectivity index is 2.46. The maximum absolute atomic E-state index is 12.7. The van der Waals surface area contributed by atoms with Crippen LogP contribution in [-0.4, -0.2) is 24.3 Å². The monoisotopic (exact) mass is 322 g/mol. The average molecular weight is 322 g/mol. The van der Waals surface area contributed by atoms with Crippen LogP contribution in [0.2, 0.25) is 0 Å². The Morgan fingerprint density at radius 1 is 1.27 bits per heavy atom. The summed E-state index contributed by atoms with van der Waals surface area (Å²) in [6.07, 6.45) is 2.30. The fourth-order valence-electron chi connectivity index (χ4n) is 2.53. The van der Waals surface area contributed by atoms with Gasteiger partial charge in [-0.15, -0.1) is 0 Å². The second-order valence-corrected chi connectivity index (χ2v) is 6.84. The van der Waals surface area contributed by atoms with Gasteiger partial charge >= 0.3 is 0 Å². The van der Waals surface area contributed by atoms with Crippen molar-refractivity contribution in [1.29, 1.82) is 5.26 Å². The van der Waals surface area contributed by atoms with E-state index < -0.39 is 15.6 Å². The summed E-state index contributed by atoms with van der Waals surface area (Å²) in [5, 5.41) is 16.8. The van der Waals surface area contributed by atoms with Crippen LogP contribution >= 0.6 is 0 Å². The predicted octanol–water partition coefficient (Wildman–Crippen LogP) is 2.36. The molecule has 0 saturated carbocycles. The van der Waals surface area contributed by atoms with E-state index in [1.54, 1.807) is 12.1 Å². The number of fused-ring (bicyclic) bond motifs is 1. The van der Waals surface area contributed by atoms with Gasteiger partial charge in [0.2, 0.25) is 10.0 Å². The van der Waals surface area contributed by atoms with Gasteiger partial charge < -0.3 is 0 Å². The van der Waals surface area contributed by atoms with Crippen molar-refractivity contribution in [2.24, 2.45) is 0 Å². The Morgan fingerprint density at radius 3 is 2.55 bits per heavy atom. The first-order valence-electron chi connectivity index (χ1n) is 7.14. The van der Waals surface area contributed by atoms with E-state index in [1.165, 1.54) is 6.07 Å². The molecule has 0 unspecified atom stereocenters. The molecule has 0 saturated heterocycles. The number of nitriles is 1. The quantitative estimate of drug-likeness (QED) is 0.838. The molecule has 2 rings (SSSR count). The van der Waals surface area contributed by atoms with Gasteiger partial charge in [-0.3, -0.25) is 0 Å². The Hall–Kier alpha value is -1.98. The van der Waals surface area contributed by atoms with E-state index in [0.717, 1.165) is 0 Å². The first kappa shape index (κ1) is 16.4. The molecule has 0 spiro atoms. The van der Waals surface area contributed by atoms with Crippen molar-refractivity contribution in [3.8, 4) is 6.07 Å². The molecule has 1 aromatic carbocycles. The summed E-state index contributed by atoms with van der Waals surface area (Å²) < 4.78 is 32.5. The topological polar surface area (TPSA) is 109 Å². The van der Waals surface area contributed by atoms with Crippen molar-refractivity contribution in [3.63, 3.8) is 0 Å². The number of rotatable bonds is 7. The zero-order chi connectivity index (χ0) is 16.2. The van der Waals surface area contributed by atoms with E-state index in [1.807, 2.05) is 13.8 Å². The van der Waals surface area contributed by atoms with Gasteiger partial charge in [-0.05, 0) is 35.3 Å². The Labute approximate surface area is 129 Å². The van der Waals surface area contributed by atoms with Gasteiger partial charge in [0, 0.05) is 0 Å². The number of nitrogens with zero attached hydrogens (tertiary/aromatic N) is 3. The summed E-state index contributed by atoms with van der Waals surface area (Å²) in [6, 6.07) is 6.74. The number of nitrogens with one attached hydrogen (secondary N) is 1. The fourth-order valence-corrected chi connectivity index (χ4v) is 4.05. The van der Waals surface area contributed by atoms with Crippen LogP contribution in [0.15, 0.2) is 27.7 Å². The molecule has 8 heteroatoms. The first-order valence-corrected chi connectivity index (χ1v) is 8.63.